The van der Waals surface area contributed by atoms with Crippen LogP contribution in [-0.2, 0) is 6.54 Å². The van der Waals surface area contributed by atoms with Gasteiger partial charge < -0.3 is 15.5 Å². The number of halogens is 2. The Morgan fingerprint density at radius 3 is 2.34 bits per heavy atom. The summed E-state index contributed by atoms with van der Waals surface area (Å²) in [5, 5.41) is 8.95. The van der Waals surface area contributed by atoms with E-state index in [0.29, 0.717) is 12.5 Å². The van der Waals surface area contributed by atoms with Gasteiger partial charge >= 0.3 is 0 Å². The zero-order valence-corrected chi connectivity index (χ0v) is 18.9. The third-order valence-electron chi connectivity index (χ3n) is 4.83. The predicted molar refractivity (Wildman–Crippen MR) is 127 cm³/mol. The van der Waals surface area contributed by atoms with Crippen molar-refractivity contribution < 1.29 is 0 Å². The smallest absolute Gasteiger partial charge is 0.191 e. The van der Waals surface area contributed by atoms with E-state index in [-0.39, 0.29) is 24.0 Å². The minimum Gasteiger partial charge on any atom is -0.370 e. The van der Waals surface area contributed by atoms with Gasteiger partial charge in [-0.2, -0.15) is 0 Å². The lowest BCUT2D eigenvalue weighted by Gasteiger charge is -2.36. The summed E-state index contributed by atoms with van der Waals surface area (Å²) in [6.07, 6.45) is 1.70. The first-order valence-corrected chi connectivity index (χ1v) is 9.58. The van der Waals surface area contributed by atoms with E-state index in [4.69, 9.17) is 17.3 Å². The molecule has 0 radical (unpaired) electrons. The number of anilines is 1. The summed E-state index contributed by atoms with van der Waals surface area (Å²) in [6.45, 7) is 3.81. The molecule has 1 aromatic heterocycles. The van der Waals surface area contributed by atoms with E-state index in [1.165, 1.54) is 5.69 Å². The quantitative estimate of drug-likeness (QED) is 0.323. The van der Waals surface area contributed by atoms with Crippen LogP contribution in [-0.4, -0.2) is 51.8 Å². The number of hydrogen-bond acceptors (Lipinski definition) is 4. The van der Waals surface area contributed by atoms with Crippen molar-refractivity contribution >= 4 is 47.2 Å². The summed E-state index contributed by atoms with van der Waals surface area (Å²) in [6, 6.07) is 17.9. The maximum atomic E-state index is 6.24. The van der Waals surface area contributed by atoms with Crippen LogP contribution in [0.2, 0.25) is 5.02 Å². The van der Waals surface area contributed by atoms with E-state index < -0.39 is 0 Å². The van der Waals surface area contributed by atoms with Gasteiger partial charge in [-0.3, -0.25) is 4.57 Å². The molecule has 1 aliphatic rings. The van der Waals surface area contributed by atoms with Crippen molar-refractivity contribution in [2.45, 2.75) is 6.54 Å². The average molecular weight is 524 g/mol. The highest BCUT2D eigenvalue weighted by Gasteiger charge is 2.18. The van der Waals surface area contributed by atoms with Crippen LogP contribution >= 0.6 is 35.6 Å². The molecule has 1 saturated heterocycles. The molecule has 0 spiro atoms. The van der Waals surface area contributed by atoms with Crippen molar-refractivity contribution in [1.29, 1.82) is 0 Å². The number of piperazine rings is 1. The Hall–Kier alpha value is -2.33. The summed E-state index contributed by atoms with van der Waals surface area (Å²) in [4.78, 5) is 8.98. The summed E-state index contributed by atoms with van der Waals surface area (Å²) >= 11 is 5.97. The first-order chi connectivity index (χ1) is 13.7. The average Bonchev–Trinajstić information content (AvgIpc) is 3.22. The van der Waals surface area contributed by atoms with Crippen LogP contribution in [0.5, 0.6) is 0 Å². The molecule has 1 fully saturated rings. The minimum atomic E-state index is 0. The van der Waals surface area contributed by atoms with Crippen molar-refractivity contribution in [1.82, 2.24) is 19.7 Å². The van der Waals surface area contributed by atoms with Gasteiger partial charge in [-0.1, -0.05) is 29.8 Å². The van der Waals surface area contributed by atoms with Crippen molar-refractivity contribution in [3.8, 4) is 5.69 Å². The first-order valence-electron chi connectivity index (χ1n) is 9.20. The number of nitrogens with two attached hydrogens (primary N) is 1. The molecule has 0 amide bonds. The Labute approximate surface area is 192 Å². The molecule has 3 aromatic rings. The van der Waals surface area contributed by atoms with Gasteiger partial charge in [-0.15, -0.1) is 34.2 Å². The molecular formula is C20H23ClIN7. The van der Waals surface area contributed by atoms with E-state index in [0.717, 1.165) is 42.7 Å². The number of para-hydroxylation sites is 1. The number of aromatic nitrogens is 3. The van der Waals surface area contributed by atoms with Crippen molar-refractivity contribution in [3.63, 3.8) is 0 Å². The Morgan fingerprint density at radius 1 is 0.966 bits per heavy atom. The maximum absolute atomic E-state index is 6.24. The van der Waals surface area contributed by atoms with Crippen molar-refractivity contribution in [3.05, 3.63) is 71.8 Å². The van der Waals surface area contributed by atoms with Crippen LogP contribution in [0.15, 0.2) is 65.9 Å². The Kier molecular flexibility index (Phi) is 7.32. The van der Waals surface area contributed by atoms with Crippen LogP contribution in [0, 0.1) is 0 Å². The predicted octanol–water partition coefficient (Wildman–Crippen LogP) is 3.18. The summed E-state index contributed by atoms with van der Waals surface area (Å²) in [5.41, 5.74) is 8.42. The number of benzene rings is 2. The molecule has 9 heteroatoms. The zero-order valence-electron chi connectivity index (χ0n) is 15.9. The zero-order chi connectivity index (χ0) is 19.3. The van der Waals surface area contributed by atoms with E-state index in [2.05, 4.69) is 25.0 Å². The molecule has 0 aliphatic carbocycles. The van der Waals surface area contributed by atoms with E-state index in [9.17, 15) is 0 Å². The molecule has 0 bridgehead atoms. The molecule has 4 rings (SSSR count). The van der Waals surface area contributed by atoms with Gasteiger partial charge in [0.15, 0.2) is 11.8 Å². The molecule has 7 nitrogen and oxygen atoms in total. The molecule has 29 heavy (non-hydrogen) atoms. The second-order valence-corrected chi connectivity index (χ2v) is 7.01. The fourth-order valence-electron chi connectivity index (χ4n) is 3.27. The van der Waals surface area contributed by atoms with Crippen LogP contribution in [0.4, 0.5) is 5.69 Å². The Bertz CT molecular complexity index is 935. The lowest BCUT2D eigenvalue weighted by atomic mass is 10.2. The van der Waals surface area contributed by atoms with E-state index in [1.54, 1.807) is 6.33 Å². The van der Waals surface area contributed by atoms with Gasteiger partial charge in [0.1, 0.15) is 12.9 Å². The SMILES string of the molecule is I.NC(=NCc1nncn1-c1ccccc1)N1CCN(c2ccc(Cl)cc2)CC1. The molecule has 152 valence electrons. The number of nitrogens with zero attached hydrogens (tertiary/aromatic N) is 6. The Morgan fingerprint density at radius 2 is 1.66 bits per heavy atom. The molecule has 0 atom stereocenters. The first kappa shape index (κ1) is 21.4. The van der Waals surface area contributed by atoms with Crippen LogP contribution in [0.25, 0.3) is 5.69 Å². The molecule has 1 aliphatic heterocycles. The lowest BCUT2D eigenvalue weighted by molar-refractivity contribution is 0.380. The van der Waals surface area contributed by atoms with Gasteiger partial charge in [0.2, 0.25) is 0 Å². The molecule has 2 N–H and O–H groups in total. The highest BCUT2D eigenvalue weighted by molar-refractivity contribution is 14.0. The fourth-order valence-corrected chi connectivity index (χ4v) is 3.39. The van der Waals surface area contributed by atoms with Gasteiger partial charge in [-0.25, -0.2) is 4.99 Å². The van der Waals surface area contributed by atoms with Gasteiger partial charge in [0.05, 0.1) is 0 Å². The van der Waals surface area contributed by atoms with E-state index >= 15 is 0 Å². The molecule has 2 heterocycles. The second-order valence-electron chi connectivity index (χ2n) is 6.58. The number of hydrogen-bond donors (Lipinski definition) is 1. The number of guanidine groups is 1. The molecular weight excluding hydrogens is 501 g/mol. The largest absolute Gasteiger partial charge is 0.370 e. The number of aliphatic imine (C=N–C) groups is 1. The topological polar surface area (TPSA) is 75.6 Å². The highest BCUT2D eigenvalue weighted by atomic mass is 127. The third-order valence-corrected chi connectivity index (χ3v) is 5.08. The van der Waals surface area contributed by atoms with Crippen LogP contribution in [0.1, 0.15) is 5.82 Å². The van der Waals surface area contributed by atoms with Crippen molar-refractivity contribution in [2.24, 2.45) is 10.7 Å². The fraction of sp³-hybridized carbons (Fsp3) is 0.250. The molecule has 2 aromatic carbocycles. The molecule has 0 unspecified atom stereocenters. The minimum absolute atomic E-state index is 0. The third kappa shape index (κ3) is 5.18. The number of rotatable bonds is 4. The summed E-state index contributed by atoms with van der Waals surface area (Å²) in [5.74, 6) is 1.30. The summed E-state index contributed by atoms with van der Waals surface area (Å²) in [7, 11) is 0. The van der Waals surface area contributed by atoms with Gasteiger partial charge in [0.25, 0.3) is 0 Å². The van der Waals surface area contributed by atoms with Gasteiger partial charge in [-0.05, 0) is 36.4 Å². The van der Waals surface area contributed by atoms with E-state index in [1.807, 2.05) is 59.2 Å². The lowest BCUT2D eigenvalue weighted by Crippen LogP contribution is -2.51. The van der Waals surface area contributed by atoms with Crippen molar-refractivity contribution in [2.75, 3.05) is 31.1 Å². The maximum Gasteiger partial charge on any atom is 0.191 e. The highest BCUT2D eigenvalue weighted by Crippen LogP contribution is 2.19. The van der Waals surface area contributed by atoms with Crippen LogP contribution < -0.4 is 10.6 Å². The van der Waals surface area contributed by atoms with Gasteiger partial charge in [0, 0.05) is 42.6 Å². The summed E-state index contributed by atoms with van der Waals surface area (Å²) < 4.78 is 1.93. The Balaban J connectivity index is 0.00000240. The van der Waals surface area contributed by atoms with Crippen LogP contribution in [0.3, 0.4) is 0 Å². The monoisotopic (exact) mass is 523 g/mol. The normalized spacial score (nSPS) is 14.6. The second kappa shape index (κ2) is 9.93. The standard InChI is InChI=1S/C20H22ClN7.HI/c21-16-6-8-17(9-7-16)26-10-12-27(13-11-26)20(22)23-14-19-25-24-15-28(19)18-4-2-1-3-5-18;/h1-9,15H,10-14H2,(H2,22,23);1H. The molecule has 0 saturated carbocycles.